The third kappa shape index (κ3) is 6.61. The summed E-state index contributed by atoms with van der Waals surface area (Å²) in [6, 6.07) is 20.6. The number of benzene rings is 3. The number of likely N-dealkylation sites (N-methyl/N-ethyl adjacent to an activating group) is 1. The molecule has 3 aromatic carbocycles. The summed E-state index contributed by atoms with van der Waals surface area (Å²) in [7, 11) is -4.08. The Hall–Kier alpha value is -3.65. The van der Waals surface area contributed by atoms with Crippen molar-refractivity contribution >= 4 is 27.5 Å². The molecule has 0 spiro atoms. The summed E-state index contributed by atoms with van der Waals surface area (Å²) in [4.78, 5) is 28.7. The fourth-order valence-electron chi connectivity index (χ4n) is 4.38. The molecule has 0 aromatic heterocycles. The highest BCUT2D eigenvalue weighted by atomic mass is 32.2. The van der Waals surface area contributed by atoms with E-state index in [4.69, 9.17) is 0 Å². The number of para-hydroxylation sites is 1. The normalized spacial score (nSPS) is 12.0. The van der Waals surface area contributed by atoms with Gasteiger partial charge in [0.05, 0.1) is 10.6 Å². The molecule has 1 atom stereocenters. The number of sulfonamides is 1. The van der Waals surface area contributed by atoms with Gasteiger partial charge in [0, 0.05) is 13.1 Å². The van der Waals surface area contributed by atoms with Gasteiger partial charge in [0.25, 0.3) is 10.0 Å². The number of nitrogens with zero attached hydrogens (tertiary/aromatic N) is 2. The zero-order valence-electron chi connectivity index (χ0n) is 22.8. The van der Waals surface area contributed by atoms with Crippen LogP contribution >= 0.6 is 0 Å². The Morgan fingerprint density at radius 3 is 2.03 bits per heavy atom. The zero-order chi connectivity index (χ0) is 27.9. The van der Waals surface area contributed by atoms with Crippen molar-refractivity contribution in [1.29, 1.82) is 0 Å². The summed E-state index contributed by atoms with van der Waals surface area (Å²) in [5.74, 6) is -0.717. The van der Waals surface area contributed by atoms with Gasteiger partial charge in [-0.2, -0.15) is 0 Å². The van der Waals surface area contributed by atoms with Crippen LogP contribution in [-0.4, -0.2) is 44.3 Å². The molecule has 0 saturated carbocycles. The second-order valence-corrected chi connectivity index (χ2v) is 11.2. The highest BCUT2D eigenvalue weighted by Gasteiger charge is 2.34. The van der Waals surface area contributed by atoms with Crippen LogP contribution in [0.1, 0.15) is 42.5 Å². The molecule has 0 aliphatic rings. The van der Waals surface area contributed by atoms with Crippen LogP contribution in [-0.2, 0) is 26.2 Å². The molecule has 0 radical (unpaired) electrons. The SMILES string of the molecule is CCNC(=O)[C@H](CC)N(Cc1ccccc1C)C(=O)CN(c1ccccc1C)S(=O)(=O)c1ccc(C)cc1. The maximum absolute atomic E-state index is 14.0. The van der Waals surface area contributed by atoms with E-state index in [0.717, 1.165) is 26.6 Å². The van der Waals surface area contributed by atoms with Gasteiger partial charge >= 0.3 is 0 Å². The molecule has 0 aliphatic carbocycles. The van der Waals surface area contributed by atoms with Gasteiger partial charge in [-0.25, -0.2) is 8.42 Å². The van der Waals surface area contributed by atoms with E-state index >= 15 is 0 Å². The Kier molecular flexibility index (Phi) is 9.69. The molecule has 0 fully saturated rings. The van der Waals surface area contributed by atoms with Crippen LogP contribution in [0, 0.1) is 20.8 Å². The van der Waals surface area contributed by atoms with Crippen molar-refractivity contribution in [3.63, 3.8) is 0 Å². The van der Waals surface area contributed by atoms with Gasteiger partial charge in [-0.15, -0.1) is 0 Å². The zero-order valence-corrected chi connectivity index (χ0v) is 23.6. The molecule has 0 heterocycles. The number of carbonyl (C=O) groups excluding carboxylic acids is 2. The monoisotopic (exact) mass is 535 g/mol. The van der Waals surface area contributed by atoms with E-state index in [2.05, 4.69) is 5.32 Å². The standard InChI is InChI=1S/C30H37N3O4S/c1-6-27(30(35)31-7-2)32(20-25-14-10-8-12-23(25)4)29(34)21-33(28-15-11-9-13-24(28)5)38(36,37)26-18-16-22(3)17-19-26/h8-19,27H,6-7,20-21H2,1-5H3,(H,31,35)/t27-/m0/s1. The lowest BCUT2D eigenvalue weighted by atomic mass is 10.1. The van der Waals surface area contributed by atoms with E-state index in [1.165, 1.54) is 4.90 Å². The molecule has 0 aliphatic heterocycles. The lowest BCUT2D eigenvalue weighted by Crippen LogP contribution is -2.52. The molecule has 1 N–H and O–H groups in total. The number of carbonyl (C=O) groups is 2. The molecule has 38 heavy (non-hydrogen) atoms. The molecule has 8 heteroatoms. The lowest BCUT2D eigenvalue weighted by Gasteiger charge is -2.33. The van der Waals surface area contributed by atoms with E-state index in [0.29, 0.717) is 18.7 Å². The van der Waals surface area contributed by atoms with Crippen molar-refractivity contribution in [1.82, 2.24) is 10.2 Å². The van der Waals surface area contributed by atoms with Gasteiger partial charge in [-0.1, -0.05) is 67.1 Å². The van der Waals surface area contributed by atoms with Crippen molar-refractivity contribution in [2.45, 2.75) is 58.5 Å². The first-order chi connectivity index (χ1) is 18.1. The summed E-state index contributed by atoms with van der Waals surface area (Å²) in [5.41, 5.74) is 3.95. The minimum atomic E-state index is -4.08. The van der Waals surface area contributed by atoms with Crippen molar-refractivity contribution < 1.29 is 18.0 Å². The van der Waals surface area contributed by atoms with Crippen LogP contribution in [0.2, 0.25) is 0 Å². The third-order valence-electron chi connectivity index (χ3n) is 6.61. The molecule has 0 saturated heterocycles. The number of hydrogen-bond acceptors (Lipinski definition) is 4. The average Bonchev–Trinajstić information content (AvgIpc) is 2.89. The van der Waals surface area contributed by atoms with Crippen LogP contribution in [0.5, 0.6) is 0 Å². The van der Waals surface area contributed by atoms with Crippen LogP contribution in [0.15, 0.2) is 77.7 Å². The van der Waals surface area contributed by atoms with Gasteiger partial charge in [0.15, 0.2) is 0 Å². The molecule has 0 unspecified atom stereocenters. The smallest absolute Gasteiger partial charge is 0.264 e. The predicted octanol–water partition coefficient (Wildman–Crippen LogP) is 4.75. The predicted molar refractivity (Wildman–Crippen MR) is 151 cm³/mol. The molecule has 202 valence electrons. The number of nitrogens with one attached hydrogen (secondary N) is 1. The van der Waals surface area contributed by atoms with E-state index in [1.54, 1.807) is 36.4 Å². The minimum absolute atomic E-state index is 0.0976. The summed E-state index contributed by atoms with van der Waals surface area (Å²) in [6.45, 7) is 9.49. The van der Waals surface area contributed by atoms with E-state index in [9.17, 15) is 18.0 Å². The summed E-state index contributed by atoms with van der Waals surface area (Å²) in [6.07, 6.45) is 0.387. The third-order valence-corrected chi connectivity index (χ3v) is 8.38. The molecular formula is C30H37N3O4S. The molecular weight excluding hydrogens is 498 g/mol. The topological polar surface area (TPSA) is 86.8 Å². The summed E-state index contributed by atoms with van der Waals surface area (Å²) in [5, 5.41) is 2.82. The van der Waals surface area contributed by atoms with Crippen LogP contribution in [0.4, 0.5) is 5.69 Å². The van der Waals surface area contributed by atoms with Crippen LogP contribution < -0.4 is 9.62 Å². The van der Waals surface area contributed by atoms with E-state index in [-0.39, 0.29) is 17.3 Å². The quantitative estimate of drug-likeness (QED) is 0.384. The molecule has 3 aromatic rings. The van der Waals surface area contributed by atoms with Gasteiger partial charge in [-0.05, 0) is 69.0 Å². The summed E-state index contributed by atoms with van der Waals surface area (Å²) >= 11 is 0. The van der Waals surface area contributed by atoms with E-state index < -0.39 is 28.5 Å². The first-order valence-corrected chi connectivity index (χ1v) is 14.3. The van der Waals surface area contributed by atoms with Crippen molar-refractivity contribution in [3.05, 3.63) is 95.1 Å². The number of hydrogen-bond donors (Lipinski definition) is 1. The Morgan fingerprint density at radius 2 is 1.45 bits per heavy atom. The van der Waals surface area contributed by atoms with Gasteiger partial charge in [-0.3, -0.25) is 13.9 Å². The Balaban J connectivity index is 2.08. The first-order valence-electron chi connectivity index (χ1n) is 12.9. The highest BCUT2D eigenvalue weighted by molar-refractivity contribution is 7.92. The van der Waals surface area contributed by atoms with Gasteiger partial charge < -0.3 is 10.2 Å². The average molecular weight is 536 g/mol. The molecule has 7 nitrogen and oxygen atoms in total. The maximum Gasteiger partial charge on any atom is 0.264 e. The molecule has 3 rings (SSSR count). The second-order valence-electron chi connectivity index (χ2n) is 9.38. The summed E-state index contributed by atoms with van der Waals surface area (Å²) < 4.78 is 29.0. The van der Waals surface area contributed by atoms with Gasteiger partial charge in [0.2, 0.25) is 11.8 Å². The van der Waals surface area contributed by atoms with Crippen molar-refractivity contribution in [2.75, 3.05) is 17.4 Å². The molecule has 2 amide bonds. The largest absolute Gasteiger partial charge is 0.355 e. The van der Waals surface area contributed by atoms with Crippen molar-refractivity contribution in [2.24, 2.45) is 0 Å². The number of aryl methyl sites for hydroxylation is 3. The fourth-order valence-corrected chi connectivity index (χ4v) is 5.86. The second kappa shape index (κ2) is 12.7. The van der Waals surface area contributed by atoms with Crippen LogP contribution in [0.3, 0.4) is 0 Å². The Labute approximate surface area is 226 Å². The Morgan fingerprint density at radius 1 is 0.842 bits per heavy atom. The Bertz CT molecular complexity index is 1370. The highest BCUT2D eigenvalue weighted by Crippen LogP contribution is 2.28. The van der Waals surface area contributed by atoms with Crippen molar-refractivity contribution in [3.8, 4) is 0 Å². The number of anilines is 1. The minimum Gasteiger partial charge on any atom is -0.355 e. The van der Waals surface area contributed by atoms with E-state index in [1.807, 2.05) is 71.0 Å². The maximum atomic E-state index is 14.0. The number of rotatable bonds is 11. The lowest BCUT2D eigenvalue weighted by molar-refractivity contribution is -0.140. The number of amides is 2. The fraction of sp³-hybridized carbons (Fsp3) is 0.333. The van der Waals surface area contributed by atoms with Gasteiger partial charge in [0.1, 0.15) is 12.6 Å². The molecule has 0 bridgehead atoms. The van der Waals surface area contributed by atoms with Crippen LogP contribution in [0.25, 0.3) is 0 Å². The first kappa shape index (κ1) is 28.9.